The monoisotopic (exact) mass is 509 g/mol. The van der Waals surface area contributed by atoms with Gasteiger partial charge >= 0.3 is 0 Å². The second-order valence-corrected chi connectivity index (χ2v) is 10.8. The van der Waals surface area contributed by atoms with Gasteiger partial charge in [-0.1, -0.05) is 117 Å². The molecule has 4 aromatic rings. The molecule has 0 radical (unpaired) electrons. The Morgan fingerprint density at radius 2 is 0.892 bits per heavy atom. The van der Waals surface area contributed by atoms with Crippen LogP contribution in [0.15, 0.2) is 97.1 Å². The third kappa shape index (κ3) is 8.07. The van der Waals surface area contributed by atoms with Gasteiger partial charge in [0.2, 0.25) is 0 Å². The summed E-state index contributed by atoms with van der Waals surface area (Å²) in [5, 5.41) is 0. The molecule has 4 rings (SSSR count). The highest BCUT2D eigenvalue weighted by molar-refractivity contribution is 7.92. The molecule has 0 unspecified atom stereocenters. The minimum absolute atomic E-state index is 1.01. The third-order valence-electron chi connectivity index (χ3n) is 6.89. The Morgan fingerprint density at radius 1 is 0.541 bits per heavy atom. The maximum absolute atomic E-state index is 5.09. The molecule has 0 atom stereocenters. The third-order valence-corrected chi connectivity index (χ3v) is 7.47. The number of hydrogen-bond acceptors (Lipinski definition) is 3. The number of nitrogens with zero attached hydrogens (tertiary/aromatic N) is 1. The van der Waals surface area contributed by atoms with Crippen molar-refractivity contribution in [3.05, 3.63) is 108 Å². The van der Waals surface area contributed by atoms with Gasteiger partial charge in [-0.2, -0.15) is 0 Å². The second-order valence-electron chi connectivity index (χ2n) is 9.70. The van der Waals surface area contributed by atoms with E-state index in [0.717, 1.165) is 19.4 Å². The summed E-state index contributed by atoms with van der Waals surface area (Å²) >= 11 is 1.40. The van der Waals surface area contributed by atoms with Crippen molar-refractivity contribution in [2.75, 3.05) is 20.7 Å². The van der Waals surface area contributed by atoms with Crippen LogP contribution in [0.1, 0.15) is 43.7 Å². The molecule has 0 bridgehead atoms. The van der Waals surface area contributed by atoms with Crippen LogP contribution < -0.4 is 0 Å². The summed E-state index contributed by atoms with van der Waals surface area (Å²) in [5.74, 6) is 0. The first-order chi connectivity index (χ1) is 18.2. The highest BCUT2D eigenvalue weighted by Gasteiger charge is 2.04. The Morgan fingerprint density at radius 3 is 1.24 bits per heavy atom. The molecule has 0 aliphatic heterocycles. The van der Waals surface area contributed by atoms with Crippen molar-refractivity contribution < 1.29 is 4.18 Å². The molecule has 0 amide bonds. The average molecular weight is 510 g/mol. The minimum atomic E-state index is 1.01. The van der Waals surface area contributed by atoms with Crippen molar-refractivity contribution in [1.82, 2.24) is 4.31 Å². The lowest BCUT2D eigenvalue weighted by atomic mass is 9.97. The van der Waals surface area contributed by atoms with Crippen LogP contribution in [0.2, 0.25) is 0 Å². The maximum atomic E-state index is 5.09. The predicted octanol–water partition coefficient (Wildman–Crippen LogP) is 9.49. The van der Waals surface area contributed by atoms with E-state index in [4.69, 9.17) is 4.18 Å². The first-order valence-corrected chi connectivity index (χ1v) is 14.2. The van der Waals surface area contributed by atoms with E-state index in [1.165, 1.54) is 82.4 Å². The predicted molar refractivity (Wildman–Crippen MR) is 162 cm³/mol. The molecule has 0 aliphatic rings. The number of aryl methyl sites for hydroxylation is 2. The molecule has 4 aromatic carbocycles. The fraction of sp³-hybridized carbons (Fsp3) is 0.294. The smallest absolute Gasteiger partial charge is 0.0813 e. The van der Waals surface area contributed by atoms with Gasteiger partial charge in [-0.25, -0.2) is 4.31 Å². The molecule has 0 saturated carbocycles. The van der Waals surface area contributed by atoms with E-state index in [1.807, 2.05) is 0 Å². The van der Waals surface area contributed by atoms with E-state index < -0.39 is 0 Å². The van der Waals surface area contributed by atoms with Crippen LogP contribution in [0.3, 0.4) is 0 Å². The first kappa shape index (κ1) is 27.2. The zero-order valence-electron chi connectivity index (χ0n) is 22.5. The molecule has 0 aliphatic carbocycles. The molecule has 2 nitrogen and oxygen atoms in total. The summed E-state index contributed by atoms with van der Waals surface area (Å²) in [6.07, 6.45) is 7.23. The summed E-state index contributed by atoms with van der Waals surface area (Å²) in [6.45, 7) is 3.26. The number of rotatable bonds is 13. The summed E-state index contributed by atoms with van der Waals surface area (Å²) in [4.78, 5) is 0. The molecule has 0 aromatic heterocycles. The molecule has 0 heterocycles. The van der Waals surface area contributed by atoms with E-state index in [9.17, 15) is 0 Å². The minimum Gasteiger partial charge on any atom is -0.304 e. The Hall–Kier alpha value is -2.85. The average Bonchev–Trinajstić information content (AvgIpc) is 2.94. The van der Waals surface area contributed by atoms with Crippen molar-refractivity contribution in [2.24, 2.45) is 0 Å². The standard InChI is InChI=1S/C34H39NOS/c1-4-5-6-8-27-10-14-29(15-11-27)31-18-22-33(23-19-31)34-24-20-32(21-25-34)30-16-12-28(13-17-30)9-7-26-35(2)37-36-3/h10-25H,4-9,26H2,1-3H3. The van der Waals surface area contributed by atoms with Gasteiger partial charge in [0.25, 0.3) is 0 Å². The van der Waals surface area contributed by atoms with E-state index in [-0.39, 0.29) is 0 Å². The van der Waals surface area contributed by atoms with Crippen LogP contribution in [-0.4, -0.2) is 25.0 Å². The van der Waals surface area contributed by atoms with Gasteiger partial charge in [0.05, 0.1) is 19.3 Å². The Labute approximate surface area is 228 Å². The van der Waals surface area contributed by atoms with E-state index in [0.29, 0.717) is 0 Å². The van der Waals surface area contributed by atoms with Crippen molar-refractivity contribution in [3.63, 3.8) is 0 Å². The van der Waals surface area contributed by atoms with Gasteiger partial charge in [0, 0.05) is 6.54 Å². The van der Waals surface area contributed by atoms with E-state index >= 15 is 0 Å². The molecule has 0 saturated heterocycles. The van der Waals surface area contributed by atoms with Gasteiger partial charge in [-0.3, -0.25) is 0 Å². The second kappa shape index (κ2) is 14.2. The van der Waals surface area contributed by atoms with Gasteiger partial charge in [0.1, 0.15) is 0 Å². The summed E-state index contributed by atoms with van der Waals surface area (Å²) in [7, 11) is 3.76. The van der Waals surface area contributed by atoms with Crippen LogP contribution in [0, 0.1) is 0 Å². The van der Waals surface area contributed by atoms with Gasteiger partial charge in [0.15, 0.2) is 0 Å². The van der Waals surface area contributed by atoms with Crippen LogP contribution >= 0.6 is 12.2 Å². The molecule has 0 N–H and O–H groups in total. The number of hydrogen-bond donors (Lipinski definition) is 0. The zero-order chi connectivity index (χ0) is 25.9. The fourth-order valence-electron chi connectivity index (χ4n) is 4.69. The maximum Gasteiger partial charge on any atom is 0.0813 e. The van der Waals surface area contributed by atoms with E-state index in [1.54, 1.807) is 7.11 Å². The van der Waals surface area contributed by atoms with Gasteiger partial charge < -0.3 is 4.18 Å². The molecule has 0 spiro atoms. The van der Waals surface area contributed by atoms with Crippen molar-refractivity contribution >= 4 is 12.2 Å². The summed E-state index contributed by atoms with van der Waals surface area (Å²) < 4.78 is 7.21. The normalized spacial score (nSPS) is 11.2. The topological polar surface area (TPSA) is 12.5 Å². The summed E-state index contributed by atoms with van der Waals surface area (Å²) in [5.41, 5.74) is 10.4. The van der Waals surface area contributed by atoms with Crippen molar-refractivity contribution in [1.29, 1.82) is 0 Å². The van der Waals surface area contributed by atoms with Crippen molar-refractivity contribution in [3.8, 4) is 33.4 Å². The molecular weight excluding hydrogens is 470 g/mol. The molecule has 37 heavy (non-hydrogen) atoms. The first-order valence-electron chi connectivity index (χ1n) is 13.5. The zero-order valence-corrected chi connectivity index (χ0v) is 23.3. The van der Waals surface area contributed by atoms with Gasteiger partial charge in [-0.15, -0.1) is 0 Å². The lowest BCUT2D eigenvalue weighted by molar-refractivity contribution is 0.431. The largest absolute Gasteiger partial charge is 0.304 e. The number of unbranched alkanes of at least 4 members (excludes halogenated alkanes) is 2. The van der Waals surface area contributed by atoms with Gasteiger partial charge in [-0.05, 0) is 77.2 Å². The highest BCUT2D eigenvalue weighted by Crippen LogP contribution is 2.28. The highest BCUT2D eigenvalue weighted by atomic mass is 32.2. The Balaban J connectivity index is 1.34. The fourth-order valence-corrected chi connectivity index (χ4v) is 5.15. The van der Waals surface area contributed by atoms with Crippen LogP contribution in [0.4, 0.5) is 0 Å². The summed E-state index contributed by atoms with van der Waals surface area (Å²) in [6, 6.07) is 35.9. The number of benzene rings is 4. The quantitative estimate of drug-likeness (QED) is 0.101. The van der Waals surface area contributed by atoms with E-state index in [2.05, 4.69) is 115 Å². The Kier molecular flexibility index (Phi) is 10.4. The lowest BCUT2D eigenvalue weighted by Gasteiger charge is -2.12. The van der Waals surface area contributed by atoms with Crippen LogP contribution in [0.25, 0.3) is 33.4 Å². The molecule has 3 heteroatoms. The van der Waals surface area contributed by atoms with Crippen LogP contribution in [0.5, 0.6) is 0 Å². The molecular formula is C34H39NOS. The molecule has 0 fully saturated rings. The van der Waals surface area contributed by atoms with Crippen LogP contribution in [-0.2, 0) is 17.0 Å². The Bertz CT molecular complexity index is 1200. The lowest BCUT2D eigenvalue weighted by Crippen LogP contribution is -2.11. The SMILES string of the molecule is CCCCCc1ccc(-c2ccc(-c3ccc(-c4ccc(CCCN(C)SOC)cc4)cc3)cc2)cc1. The molecule has 192 valence electrons. The van der Waals surface area contributed by atoms with Crippen molar-refractivity contribution in [2.45, 2.75) is 45.4 Å².